The predicted molar refractivity (Wildman–Crippen MR) is 105 cm³/mol. The number of hydrogen-bond donors (Lipinski definition) is 3. The summed E-state index contributed by atoms with van der Waals surface area (Å²) in [6.07, 6.45) is 6.23. The molecule has 29 heavy (non-hydrogen) atoms. The predicted octanol–water partition coefficient (Wildman–Crippen LogP) is 0.306. The second-order valence-electron chi connectivity index (χ2n) is 10.1. The van der Waals surface area contributed by atoms with Crippen molar-refractivity contribution < 1.29 is 19.5 Å². The minimum absolute atomic E-state index is 0.0308. The molecule has 6 fully saturated rings. The van der Waals surface area contributed by atoms with Crippen molar-refractivity contribution in [1.29, 1.82) is 0 Å². The van der Waals surface area contributed by atoms with Gasteiger partial charge in [-0.15, -0.1) is 0 Å². The number of urea groups is 1. The third kappa shape index (κ3) is 3.39. The van der Waals surface area contributed by atoms with E-state index in [0.29, 0.717) is 32.1 Å². The number of carbonyl (C=O) groups is 3. The Morgan fingerprint density at radius 2 is 1.86 bits per heavy atom. The zero-order valence-electron chi connectivity index (χ0n) is 16.9. The van der Waals surface area contributed by atoms with Gasteiger partial charge in [-0.1, -0.05) is 0 Å². The smallest absolute Gasteiger partial charge is 0.320 e. The molecule has 4 saturated carbocycles. The van der Waals surface area contributed by atoms with Gasteiger partial charge in [-0.05, 0) is 62.7 Å². The Balaban J connectivity index is 1.21. The van der Waals surface area contributed by atoms with Gasteiger partial charge in [-0.3, -0.25) is 9.59 Å². The molecular weight excluding hydrogens is 372 g/mol. The molecule has 0 aromatic rings. The van der Waals surface area contributed by atoms with Crippen LogP contribution in [-0.2, 0) is 9.59 Å². The summed E-state index contributed by atoms with van der Waals surface area (Å²) in [5.41, 5.74) is -0.313. The molecule has 2 heterocycles. The fourth-order valence-corrected chi connectivity index (χ4v) is 6.88. The summed E-state index contributed by atoms with van der Waals surface area (Å²) in [7, 11) is 0. The summed E-state index contributed by atoms with van der Waals surface area (Å²) in [5.74, 6) is 1.16. The lowest BCUT2D eigenvalue weighted by molar-refractivity contribution is -0.163. The maximum Gasteiger partial charge on any atom is 0.320 e. The molecule has 4 unspecified atom stereocenters. The van der Waals surface area contributed by atoms with Crippen molar-refractivity contribution in [3.8, 4) is 0 Å². The van der Waals surface area contributed by atoms with Crippen molar-refractivity contribution in [3.05, 3.63) is 0 Å². The van der Waals surface area contributed by atoms with Gasteiger partial charge in [0.15, 0.2) is 0 Å². The molecule has 160 valence electrons. The van der Waals surface area contributed by atoms with Crippen molar-refractivity contribution in [1.82, 2.24) is 20.4 Å². The number of nitrogens with zero attached hydrogens (tertiary/aromatic N) is 2. The highest BCUT2D eigenvalue weighted by Crippen LogP contribution is 2.60. The summed E-state index contributed by atoms with van der Waals surface area (Å²) in [5, 5.41) is 16.5. The van der Waals surface area contributed by atoms with Crippen LogP contribution in [0.3, 0.4) is 0 Å². The zero-order chi connectivity index (χ0) is 20.2. The van der Waals surface area contributed by atoms with Crippen LogP contribution in [0.15, 0.2) is 0 Å². The van der Waals surface area contributed by atoms with E-state index in [1.165, 1.54) is 0 Å². The topological polar surface area (TPSA) is 102 Å². The molecule has 6 aliphatic rings. The zero-order valence-corrected chi connectivity index (χ0v) is 16.9. The third-order valence-electron chi connectivity index (χ3n) is 8.04. The molecule has 6 rings (SSSR count). The maximum atomic E-state index is 13.3. The second kappa shape index (κ2) is 7.15. The first-order valence-electron chi connectivity index (χ1n) is 11.2. The summed E-state index contributed by atoms with van der Waals surface area (Å²) >= 11 is 0. The first-order valence-corrected chi connectivity index (χ1v) is 11.2. The first-order chi connectivity index (χ1) is 13.9. The summed E-state index contributed by atoms with van der Waals surface area (Å²) in [4.78, 5) is 41.1. The number of amides is 4. The van der Waals surface area contributed by atoms with E-state index >= 15 is 0 Å². The summed E-state index contributed by atoms with van der Waals surface area (Å²) < 4.78 is 0. The van der Waals surface area contributed by atoms with Gasteiger partial charge in [-0.2, -0.15) is 0 Å². The molecule has 0 radical (unpaired) electrons. The molecule has 2 aliphatic heterocycles. The van der Waals surface area contributed by atoms with Crippen molar-refractivity contribution in [2.24, 2.45) is 23.2 Å². The Hall–Kier alpha value is -1.83. The van der Waals surface area contributed by atoms with Crippen LogP contribution in [0.2, 0.25) is 0 Å². The largest absolute Gasteiger partial charge is 0.393 e. The normalized spacial score (nSPS) is 41.3. The fourth-order valence-electron chi connectivity index (χ4n) is 6.88. The first kappa shape index (κ1) is 19.2. The highest BCUT2D eigenvalue weighted by Gasteiger charge is 2.58. The standard InChI is InChI=1S/C21H32N4O4/c26-17-12-25(5-3-22-17)20(29)24-4-1-2-16(11-24)23-19(28)21-8-13-6-14(9-21)18(27)15(7-13)10-21/h13-16,18,27H,1-12H2,(H,22,26)(H,23,28)/t13?,14-,15?,16+,18?,21?/m1/s1. The molecule has 0 spiro atoms. The number of carbonyl (C=O) groups excluding carboxylic acids is 3. The van der Waals surface area contributed by atoms with E-state index in [0.717, 1.165) is 44.9 Å². The molecule has 8 heteroatoms. The van der Waals surface area contributed by atoms with E-state index in [2.05, 4.69) is 10.6 Å². The molecule has 4 amide bonds. The minimum atomic E-state index is -0.313. The number of aliphatic hydroxyl groups is 1. The third-order valence-corrected chi connectivity index (χ3v) is 8.04. The molecule has 6 atom stereocenters. The number of piperazine rings is 1. The van der Waals surface area contributed by atoms with Crippen LogP contribution in [0.25, 0.3) is 0 Å². The van der Waals surface area contributed by atoms with Gasteiger partial charge in [0, 0.05) is 32.2 Å². The molecule has 4 aliphatic carbocycles. The van der Waals surface area contributed by atoms with Crippen molar-refractivity contribution in [2.45, 2.75) is 57.1 Å². The maximum absolute atomic E-state index is 13.3. The van der Waals surface area contributed by atoms with Crippen molar-refractivity contribution >= 4 is 17.8 Å². The highest BCUT2D eigenvalue weighted by atomic mass is 16.3. The molecule has 2 saturated heterocycles. The average Bonchev–Trinajstić information content (AvgIpc) is 2.71. The second-order valence-corrected chi connectivity index (χ2v) is 10.1. The molecule has 0 aromatic carbocycles. The Morgan fingerprint density at radius 1 is 1.10 bits per heavy atom. The van der Waals surface area contributed by atoms with Gasteiger partial charge in [0.1, 0.15) is 6.54 Å². The number of hydrogen-bond acceptors (Lipinski definition) is 4. The molecule has 3 N–H and O–H groups in total. The van der Waals surface area contributed by atoms with E-state index in [1.54, 1.807) is 9.80 Å². The van der Waals surface area contributed by atoms with Gasteiger partial charge in [0.25, 0.3) is 0 Å². The molecular formula is C21H32N4O4. The van der Waals surface area contributed by atoms with E-state index < -0.39 is 0 Å². The van der Waals surface area contributed by atoms with Crippen LogP contribution >= 0.6 is 0 Å². The van der Waals surface area contributed by atoms with Gasteiger partial charge in [0.2, 0.25) is 11.8 Å². The Bertz CT molecular complexity index is 697. The average molecular weight is 405 g/mol. The summed E-state index contributed by atoms with van der Waals surface area (Å²) in [6.45, 7) is 2.33. The molecule has 8 nitrogen and oxygen atoms in total. The van der Waals surface area contributed by atoms with E-state index in [9.17, 15) is 19.5 Å². The number of nitrogens with one attached hydrogen (secondary N) is 2. The number of likely N-dealkylation sites (tertiary alicyclic amines) is 1. The van der Waals surface area contributed by atoms with E-state index in [4.69, 9.17) is 0 Å². The Labute approximate surface area is 171 Å². The Kier molecular flexibility index (Phi) is 4.72. The van der Waals surface area contributed by atoms with E-state index in [1.807, 2.05) is 0 Å². The van der Waals surface area contributed by atoms with E-state index in [-0.39, 0.29) is 53.8 Å². The van der Waals surface area contributed by atoms with Crippen LogP contribution in [-0.4, -0.2) is 77.6 Å². The minimum Gasteiger partial charge on any atom is -0.393 e. The number of rotatable bonds is 2. The van der Waals surface area contributed by atoms with Crippen molar-refractivity contribution in [3.63, 3.8) is 0 Å². The lowest BCUT2D eigenvalue weighted by Crippen LogP contribution is -2.61. The fraction of sp³-hybridized carbons (Fsp3) is 0.857. The van der Waals surface area contributed by atoms with Crippen LogP contribution in [0.4, 0.5) is 4.79 Å². The molecule has 4 bridgehead atoms. The Morgan fingerprint density at radius 3 is 2.59 bits per heavy atom. The van der Waals surface area contributed by atoms with Crippen molar-refractivity contribution in [2.75, 3.05) is 32.7 Å². The van der Waals surface area contributed by atoms with Gasteiger partial charge >= 0.3 is 6.03 Å². The van der Waals surface area contributed by atoms with Crippen LogP contribution in [0.1, 0.15) is 44.9 Å². The summed E-state index contributed by atoms with van der Waals surface area (Å²) in [6, 6.07) is -0.131. The quantitative estimate of drug-likeness (QED) is 0.616. The lowest BCUT2D eigenvalue weighted by Gasteiger charge is -2.58. The number of aliphatic hydroxyl groups excluding tert-OH is 1. The van der Waals surface area contributed by atoms with Gasteiger partial charge in [-0.25, -0.2) is 4.79 Å². The van der Waals surface area contributed by atoms with Crippen LogP contribution in [0.5, 0.6) is 0 Å². The van der Waals surface area contributed by atoms with Gasteiger partial charge in [0.05, 0.1) is 11.5 Å². The van der Waals surface area contributed by atoms with Crippen LogP contribution in [0, 0.1) is 23.2 Å². The molecule has 0 aromatic heterocycles. The lowest BCUT2D eigenvalue weighted by atomic mass is 9.48. The monoisotopic (exact) mass is 404 g/mol. The van der Waals surface area contributed by atoms with Gasteiger partial charge < -0.3 is 25.5 Å². The SMILES string of the molecule is O=C1CN(C(=O)N2CCC[C@H](NC(=O)C34CC5CC(C3)C(O)[C@H](C5)C4)C2)CCN1. The number of piperidine rings is 1. The highest BCUT2D eigenvalue weighted by molar-refractivity contribution is 5.85. The van der Waals surface area contributed by atoms with Crippen LogP contribution < -0.4 is 10.6 Å².